The number of hydrogen-bond acceptors (Lipinski definition) is 6. The highest BCUT2D eigenvalue weighted by molar-refractivity contribution is 6.04. The molecule has 11 nitrogen and oxygen atoms in total. The van der Waals surface area contributed by atoms with Gasteiger partial charge in [0.25, 0.3) is 5.91 Å². The normalized spacial score (nSPS) is 19.6. The number of aromatic amines is 2. The van der Waals surface area contributed by atoms with Crippen LogP contribution in [0.2, 0.25) is 0 Å². The number of nitrogens with one attached hydrogen (secondary N) is 2. The Morgan fingerprint density at radius 1 is 0.857 bits per heavy atom. The van der Waals surface area contributed by atoms with Gasteiger partial charge in [-0.05, 0) is 99.6 Å². The summed E-state index contributed by atoms with van der Waals surface area (Å²) in [6.07, 6.45) is 6.37. The maximum absolute atomic E-state index is 14.1. The third kappa shape index (κ3) is 6.32. The van der Waals surface area contributed by atoms with Crippen LogP contribution in [0.1, 0.15) is 50.1 Å². The second kappa shape index (κ2) is 13.3. The van der Waals surface area contributed by atoms with E-state index in [-0.39, 0.29) is 17.6 Å². The average Bonchev–Trinajstić information content (AvgIpc) is 3.75. The molecule has 11 heteroatoms. The van der Waals surface area contributed by atoms with Gasteiger partial charge in [0, 0.05) is 49.4 Å². The molecule has 0 bridgehead atoms. The molecule has 0 aliphatic carbocycles. The van der Waals surface area contributed by atoms with Gasteiger partial charge in [-0.15, -0.1) is 0 Å². The smallest absolute Gasteiger partial charge is 0.410 e. The standard InChI is InChI=1S/C38H45N7O4/c1-42-16-10-26(11-17-42)27-12-18-43(19-13-27)36(46)34(23-25-6-8-32-29(22-25)24-39-41-32)49-38(48)44-20-14-30(15-21-44)45-33-9-7-28-4-2-3-5-31(28)35(33)40-37(45)47/h2-9,22,24,26-27,30,34H,10-21,23H2,1H3,(H,39,41)(H,40,47)/t34-/m1/s1. The number of aromatic nitrogens is 4. The molecule has 2 N–H and O–H groups in total. The highest BCUT2D eigenvalue weighted by atomic mass is 16.6. The first-order chi connectivity index (χ1) is 23.9. The fourth-order valence-corrected chi connectivity index (χ4v) is 8.54. The fourth-order valence-electron chi connectivity index (χ4n) is 8.54. The van der Waals surface area contributed by atoms with Crippen LogP contribution in [0.25, 0.3) is 32.7 Å². The maximum Gasteiger partial charge on any atom is 0.410 e. The zero-order chi connectivity index (χ0) is 33.5. The van der Waals surface area contributed by atoms with E-state index in [2.05, 4.69) is 27.1 Å². The maximum atomic E-state index is 14.1. The number of carbonyl (C=O) groups excluding carboxylic acids is 2. The van der Waals surface area contributed by atoms with Crippen molar-refractivity contribution in [3.05, 3.63) is 76.8 Å². The Hall–Kier alpha value is -4.64. The summed E-state index contributed by atoms with van der Waals surface area (Å²) in [6.45, 7) is 4.58. The summed E-state index contributed by atoms with van der Waals surface area (Å²) in [6, 6.07) is 18.0. The van der Waals surface area contributed by atoms with Crippen LogP contribution in [-0.2, 0) is 16.0 Å². The summed E-state index contributed by atoms with van der Waals surface area (Å²) in [5.41, 5.74) is 3.43. The van der Waals surface area contributed by atoms with Crippen molar-refractivity contribution in [2.24, 2.45) is 11.8 Å². The van der Waals surface area contributed by atoms with Gasteiger partial charge in [-0.1, -0.05) is 36.4 Å². The Kier molecular flexibility index (Phi) is 8.61. The number of nitrogens with zero attached hydrogens (tertiary/aromatic N) is 5. The monoisotopic (exact) mass is 663 g/mol. The van der Waals surface area contributed by atoms with Gasteiger partial charge in [0.2, 0.25) is 0 Å². The number of carbonyl (C=O) groups is 2. The summed E-state index contributed by atoms with van der Waals surface area (Å²) < 4.78 is 7.96. The zero-order valence-corrected chi connectivity index (χ0v) is 28.1. The van der Waals surface area contributed by atoms with E-state index in [0.717, 1.165) is 70.1 Å². The first-order valence-electron chi connectivity index (χ1n) is 17.9. The second-order valence-corrected chi connectivity index (χ2v) is 14.4. The third-order valence-corrected chi connectivity index (χ3v) is 11.4. The topological polar surface area (TPSA) is 120 Å². The average molecular weight is 664 g/mol. The van der Waals surface area contributed by atoms with E-state index in [1.165, 1.54) is 12.8 Å². The van der Waals surface area contributed by atoms with Crippen molar-refractivity contribution < 1.29 is 14.3 Å². The summed E-state index contributed by atoms with van der Waals surface area (Å²) in [5, 5.41) is 10.2. The molecule has 3 saturated heterocycles. The van der Waals surface area contributed by atoms with Crippen LogP contribution in [0.5, 0.6) is 0 Å². The predicted molar refractivity (Wildman–Crippen MR) is 190 cm³/mol. The molecule has 8 rings (SSSR count). The van der Waals surface area contributed by atoms with Gasteiger partial charge in [0.1, 0.15) is 0 Å². The summed E-state index contributed by atoms with van der Waals surface area (Å²) in [7, 11) is 2.19. The van der Waals surface area contributed by atoms with Crippen molar-refractivity contribution >= 4 is 44.7 Å². The number of likely N-dealkylation sites (tertiary alicyclic amines) is 3. The molecule has 3 fully saturated rings. The van der Waals surface area contributed by atoms with Crippen molar-refractivity contribution in [2.75, 3.05) is 46.3 Å². The summed E-state index contributed by atoms with van der Waals surface area (Å²) >= 11 is 0. The van der Waals surface area contributed by atoms with Crippen LogP contribution in [0.3, 0.4) is 0 Å². The minimum absolute atomic E-state index is 0.0450. The molecule has 3 aliphatic rings. The molecule has 0 spiro atoms. The number of ether oxygens (including phenoxy) is 1. The van der Waals surface area contributed by atoms with Crippen LogP contribution in [0.4, 0.5) is 4.79 Å². The minimum Gasteiger partial charge on any atom is -0.436 e. The number of rotatable bonds is 6. The van der Waals surface area contributed by atoms with Gasteiger partial charge in [0.15, 0.2) is 6.10 Å². The van der Waals surface area contributed by atoms with Crippen LogP contribution in [0, 0.1) is 11.8 Å². The number of benzene rings is 3. The Balaban J connectivity index is 0.949. The molecule has 49 heavy (non-hydrogen) atoms. The van der Waals surface area contributed by atoms with Crippen LogP contribution >= 0.6 is 0 Å². The minimum atomic E-state index is -0.918. The van der Waals surface area contributed by atoms with Crippen molar-refractivity contribution in [3.63, 3.8) is 0 Å². The lowest BCUT2D eigenvalue weighted by Gasteiger charge is -2.40. The highest BCUT2D eigenvalue weighted by Crippen LogP contribution is 2.33. The van der Waals surface area contributed by atoms with Crippen molar-refractivity contribution in [3.8, 4) is 0 Å². The molecule has 3 aliphatic heterocycles. The van der Waals surface area contributed by atoms with E-state index >= 15 is 0 Å². The predicted octanol–water partition coefficient (Wildman–Crippen LogP) is 5.32. The van der Waals surface area contributed by atoms with Gasteiger partial charge in [-0.2, -0.15) is 5.10 Å². The van der Waals surface area contributed by atoms with Crippen LogP contribution in [-0.4, -0.2) is 98.9 Å². The zero-order valence-electron chi connectivity index (χ0n) is 28.1. The molecule has 0 saturated carbocycles. The molecule has 5 aromatic rings. The van der Waals surface area contributed by atoms with Gasteiger partial charge in [-0.25, -0.2) is 9.59 Å². The van der Waals surface area contributed by atoms with E-state index in [1.807, 2.05) is 64.1 Å². The summed E-state index contributed by atoms with van der Waals surface area (Å²) in [5.74, 6) is 1.26. The molecule has 2 aromatic heterocycles. The van der Waals surface area contributed by atoms with Gasteiger partial charge >= 0.3 is 11.8 Å². The SMILES string of the molecule is CN1CCC(C2CCN(C(=O)[C@@H](Cc3ccc4[nH]ncc4c3)OC(=O)N3CCC(n4c(=O)[nH]c5c6ccccc6ccc54)CC3)CC2)CC1. The Morgan fingerprint density at radius 3 is 2.35 bits per heavy atom. The van der Waals surface area contributed by atoms with E-state index in [4.69, 9.17) is 4.74 Å². The molecule has 0 radical (unpaired) electrons. The number of hydrogen-bond donors (Lipinski definition) is 2. The molecule has 256 valence electrons. The second-order valence-electron chi connectivity index (χ2n) is 14.4. The Bertz CT molecular complexity index is 2020. The number of H-pyrrole nitrogens is 2. The first-order valence-corrected chi connectivity index (χ1v) is 17.9. The first kappa shape index (κ1) is 31.6. The Morgan fingerprint density at radius 2 is 1.57 bits per heavy atom. The lowest BCUT2D eigenvalue weighted by molar-refractivity contribution is -0.142. The molecular weight excluding hydrogens is 618 g/mol. The number of amides is 2. The highest BCUT2D eigenvalue weighted by Gasteiger charge is 2.36. The van der Waals surface area contributed by atoms with E-state index in [0.29, 0.717) is 51.4 Å². The van der Waals surface area contributed by atoms with Crippen LogP contribution < -0.4 is 5.69 Å². The lowest BCUT2D eigenvalue weighted by Crippen LogP contribution is -2.49. The van der Waals surface area contributed by atoms with Gasteiger partial charge in [-0.3, -0.25) is 14.5 Å². The van der Waals surface area contributed by atoms with Gasteiger partial charge in [0.05, 0.1) is 22.7 Å². The van der Waals surface area contributed by atoms with Crippen molar-refractivity contribution in [1.82, 2.24) is 34.4 Å². The number of fused-ring (bicyclic) bond motifs is 4. The van der Waals surface area contributed by atoms with E-state index in [9.17, 15) is 14.4 Å². The quantitative estimate of drug-likeness (QED) is 0.254. The molecule has 3 aromatic carbocycles. The molecule has 5 heterocycles. The lowest BCUT2D eigenvalue weighted by atomic mass is 9.79. The van der Waals surface area contributed by atoms with Crippen LogP contribution in [0.15, 0.2) is 65.6 Å². The van der Waals surface area contributed by atoms with Crippen molar-refractivity contribution in [2.45, 2.75) is 57.1 Å². The van der Waals surface area contributed by atoms with Gasteiger partial charge < -0.3 is 24.4 Å². The van der Waals surface area contributed by atoms with E-state index in [1.54, 1.807) is 11.1 Å². The Labute approximate surface area is 285 Å². The van der Waals surface area contributed by atoms with Crippen molar-refractivity contribution in [1.29, 1.82) is 0 Å². The van der Waals surface area contributed by atoms with E-state index < -0.39 is 12.2 Å². The molecule has 1 atom stereocenters. The fraction of sp³-hybridized carbons (Fsp3) is 0.474. The molecule has 2 amide bonds. The summed E-state index contributed by atoms with van der Waals surface area (Å²) in [4.78, 5) is 50.1. The molecular formula is C38H45N7O4. The largest absolute Gasteiger partial charge is 0.436 e. The molecule has 0 unspecified atom stereocenters. The number of imidazole rings is 1. The third-order valence-electron chi connectivity index (χ3n) is 11.4. The number of piperidine rings is 3.